The van der Waals surface area contributed by atoms with Crippen molar-refractivity contribution in [1.82, 2.24) is 30.8 Å². The molecule has 0 radical (unpaired) electrons. The number of carbonyl (C=O) groups excluding carboxylic acids is 4. The Hall–Kier alpha value is -3.09. The SMILES string of the molecule is CN(C)C(=O)C1CC[C@H](NC(=O)C(=O)Nc2ccc(Cl)cn2)C(NC(=O)c2nc3c(s2)CNCC3)C1. The fourth-order valence-electron chi connectivity index (χ4n) is 4.40. The first kappa shape index (κ1) is 26.0. The Morgan fingerprint density at radius 1 is 1.11 bits per heavy atom. The van der Waals surface area contributed by atoms with Crippen LogP contribution in [0.4, 0.5) is 5.82 Å². The predicted molar refractivity (Wildman–Crippen MR) is 135 cm³/mol. The molecule has 3 heterocycles. The van der Waals surface area contributed by atoms with Crippen LogP contribution in [-0.2, 0) is 27.3 Å². The summed E-state index contributed by atoms with van der Waals surface area (Å²) in [5.74, 6) is -2.26. The monoisotopic (exact) mass is 533 g/mol. The van der Waals surface area contributed by atoms with Gasteiger partial charge in [0, 0.05) is 56.6 Å². The van der Waals surface area contributed by atoms with Crippen molar-refractivity contribution in [2.24, 2.45) is 5.92 Å². The topological polar surface area (TPSA) is 145 Å². The zero-order valence-corrected chi connectivity index (χ0v) is 21.5. The minimum absolute atomic E-state index is 0.0404. The van der Waals surface area contributed by atoms with Crippen molar-refractivity contribution in [2.45, 2.75) is 44.3 Å². The molecule has 13 heteroatoms. The first-order chi connectivity index (χ1) is 17.2. The van der Waals surface area contributed by atoms with Gasteiger partial charge in [-0.05, 0) is 31.4 Å². The van der Waals surface area contributed by atoms with Gasteiger partial charge in [0.25, 0.3) is 5.91 Å². The zero-order valence-electron chi connectivity index (χ0n) is 20.0. The van der Waals surface area contributed by atoms with Gasteiger partial charge in [-0.3, -0.25) is 19.2 Å². The summed E-state index contributed by atoms with van der Waals surface area (Å²) in [7, 11) is 3.38. The molecule has 0 bridgehead atoms. The van der Waals surface area contributed by atoms with E-state index in [1.165, 1.54) is 28.5 Å². The molecule has 1 fully saturated rings. The summed E-state index contributed by atoms with van der Waals surface area (Å²) in [6.45, 7) is 1.50. The molecule has 0 aromatic carbocycles. The number of fused-ring (bicyclic) bond motifs is 1. The highest BCUT2D eigenvalue weighted by Crippen LogP contribution is 2.28. The van der Waals surface area contributed by atoms with Crippen LogP contribution in [0.15, 0.2) is 18.3 Å². The van der Waals surface area contributed by atoms with Crippen LogP contribution < -0.4 is 21.3 Å². The minimum atomic E-state index is -0.888. The molecule has 2 aromatic rings. The molecule has 3 atom stereocenters. The van der Waals surface area contributed by atoms with E-state index in [2.05, 4.69) is 31.2 Å². The highest BCUT2D eigenvalue weighted by molar-refractivity contribution is 7.13. The first-order valence-electron chi connectivity index (χ1n) is 11.7. The van der Waals surface area contributed by atoms with Crippen LogP contribution in [0.2, 0.25) is 5.02 Å². The van der Waals surface area contributed by atoms with Gasteiger partial charge in [-0.15, -0.1) is 11.3 Å². The third-order valence-corrected chi connectivity index (χ3v) is 7.57. The van der Waals surface area contributed by atoms with E-state index in [0.29, 0.717) is 35.8 Å². The number of thiazole rings is 1. The molecule has 1 aliphatic heterocycles. The van der Waals surface area contributed by atoms with Crippen LogP contribution in [0.25, 0.3) is 0 Å². The zero-order chi connectivity index (χ0) is 25.8. The molecule has 2 unspecified atom stereocenters. The summed E-state index contributed by atoms with van der Waals surface area (Å²) in [5, 5.41) is 12.1. The summed E-state index contributed by atoms with van der Waals surface area (Å²) in [6, 6.07) is 1.94. The van der Waals surface area contributed by atoms with Crippen molar-refractivity contribution in [3.8, 4) is 0 Å². The van der Waals surface area contributed by atoms with E-state index in [1.54, 1.807) is 20.2 Å². The van der Waals surface area contributed by atoms with E-state index >= 15 is 0 Å². The quantitative estimate of drug-likeness (QED) is 0.418. The normalized spacial score (nSPS) is 21.1. The van der Waals surface area contributed by atoms with Gasteiger partial charge in [-0.2, -0.15) is 0 Å². The van der Waals surface area contributed by atoms with Gasteiger partial charge in [0.05, 0.1) is 16.8 Å². The third kappa shape index (κ3) is 6.18. The number of aromatic nitrogens is 2. The lowest BCUT2D eigenvalue weighted by molar-refractivity contribution is -0.137. The average molecular weight is 534 g/mol. The number of hydrogen-bond donors (Lipinski definition) is 4. The van der Waals surface area contributed by atoms with Crippen LogP contribution in [-0.4, -0.2) is 71.2 Å². The lowest BCUT2D eigenvalue weighted by Crippen LogP contribution is -2.57. The van der Waals surface area contributed by atoms with Gasteiger partial charge in [0.15, 0.2) is 5.01 Å². The summed E-state index contributed by atoms with van der Waals surface area (Å²) in [6.07, 6.45) is 3.40. The molecule has 4 N–H and O–H groups in total. The molecule has 2 aromatic heterocycles. The molecule has 11 nitrogen and oxygen atoms in total. The van der Waals surface area contributed by atoms with Gasteiger partial charge >= 0.3 is 11.8 Å². The van der Waals surface area contributed by atoms with Crippen molar-refractivity contribution in [3.63, 3.8) is 0 Å². The number of carbonyl (C=O) groups is 4. The van der Waals surface area contributed by atoms with E-state index in [0.717, 1.165) is 23.5 Å². The molecule has 0 saturated heterocycles. The summed E-state index contributed by atoms with van der Waals surface area (Å²) < 4.78 is 0. The lowest BCUT2D eigenvalue weighted by Gasteiger charge is -2.37. The van der Waals surface area contributed by atoms with Crippen molar-refractivity contribution in [3.05, 3.63) is 38.9 Å². The molecule has 4 rings (SSSR count). The van der Waals surface area contributed by atoms with E-state index in [4.69, 9.17) is 11.6 Å². The highest BCUT2D eigenvalue weighted by atomic mass is 35.5. The van der Waals surface area contributed by atoms with Crippen molar-refractivity contribution in [2.75, 3.05) is 26.0 Å². The number of amides is 4. The Kier molecular flexibility index (Phi) is 8.17. The Morgan fingerprint density at radius 2 is 1.92 bits per heavy atom. The molecule has 2 aliphatic rings. The number of nitrogens with zero attached hydrogens (tertiary/aromatic N) is 3. The van der Waals surface area contributed by atoms with Crippen LogP contribution in [0.1, 0.15) is 39.6 Å². The van der Waals surface area contributed by atoms with E-state index in [1.807, 2.05) is 0 Å². The predicted octanol–water partition coefficient (Wildman–Crippen LogP) is 0.947. The molecule has 4 amide bonds. The van der Waals surface area contributed by atoms with Gasteiger partial charge < -0.3 is 26.2 Å². The van der Waals surface area contributed by atoms with E-state index in [-0.39, 0.29) is 23.6 Å². The summed E-state index contributed by atoms with van der Waals surface area (Å²) in [4.78, 5) is 61.8. The standard InChI is InChI=1S/C23H28ClN7O4S/c1-31(2)23(35)12-3-5-14(27-19(32)20(33)30-18-6-4-13(24)10-26-18)16(9-12)28-21(34)22-29-15-7-8-25-11-17(15)36-22/h4,6,10,12,14,16,25H,3,5,7-9,11H2,1-2H3,(H,27,32)(H,28,34)(H,26,30,33)/t12?,14-,16?/m0/s1. The van der Waals surface area contributed by atoms with Crippen LogP contribution >= 0.6 is 22.9 Å². The van der Waals surface area contributed by atoms with Gasteiger partial charge in [-0.1, -0.05) is 11.6 Å². The Bertz CT molecular complexity index is 1130. The molecule has 1 aliphatic carbocycles. The average Bonchev–Trinajstić information content (AvgIpc) is 3.30. The van der Waals surface area contributed by atoms with Crippen molar-refractivity contribution >= 4 is 52.4 Å². The van der Waals surface area contributed by atoms with Gasteiger partial charge in [-0.25, -0.2) is 9.97 Å². The Labute approximate surface area is 217 Å². The Morgan fingerprint density at radius 3 is 2.61 bits per heavy atom. The maximum Gasteiger partial charge on any atom is 0.314 e. The molecule has 192 valence electrons. The molecular weight excluding hydrogens is 506 g/mol. The van der Waals surface area contributed by atoms with Crippen molar-refractivity contribution in [1.29, 1.82) is 0 Å². The fourth-order valence-corrected chi connectivity index (χ4v) is 5.49. The number of anilines is 1. The highest BCUT2D eigenvalue weighted by Gasteiger charge is 2.37. The fraction of sp³-hybridized carbons (Fsp3) is 0.478. The number of halogens is 1. The third-order valence-electron chi connectivity index (χ3n) is 6.25. The second-order valence-electron chi connectivity index (χ2n) is 9.03. The van der Waals surface area contributed by atoms with Crippen molar-refractivity contribution < 1.29 is 19.2 Å². The lowest BCUT2D eigenvalue weighted by atomic mass is 9.81. The number of hydrogen-bond acceptors (Lipinski definition) is 8. The number of pyridine rings is 1. The molecule has 1 saturated carbocycles. The van der Waals surface area contributed by atoms with Crippen LogP contribution in [0.5, 0.6) is 0 Å². The summed E-state index contributed by atoms with van der Waals surface area (Å²) >= 11 is 7.14. The maximum absolute atomic E-state index is 13.1. The van der Waals surface area contributed by atoms with E-state index < -0.39 is 23.9 Å². The van der Waals surface area contributed by atoms with E-state index in [9.17, 15) is 19.2 Å². The van der Waals surface area contributed by atoms with Crippen LogP contribution in [0.3, 0.4) is 0 Å². The smallest absolute Gasteiger partial charge is 0.314 e. The number of rotatable bonds is 5. The van der Waals surface area contributed by atoms with Gasteiger partial charge in [0.2, 0.25) is 5.91 Å². The Balaban J connectivity index is 1.45. The second-order valence-corrected chi connectivity index (χ2v) is 10.6. The largest absolute Gasteiger partial charge is 0.349 e. The van der Waals surface area contributed by atoms with Crippen LogP contribution in [0, 0.1) is 5.92 Å². The maximum atomic E-state index is 13.1. The second kappa shape index (κ2) is 11.3. The molecular formula is C23H28ClN7O4S. The minimum Gasteiger partial charge on any atom is -0.349 e. The number of nitrogens with one attached hydrogen (secondary N) is 4. The molecule has 36 heavy (non-hydrogen) atoms. The molecule has 0 spiro atoms. The van der Waals surface area contributed by atoms with Gasteiger partial charge in [0.1, 0.15) is 5.82 Å². The summed E-state index contributed by atoms with van der Waals surface area (Å²) in [5.41, 5.74) is 0.922. The first-order valence-corrected chi connectivity index (χ1v) is 12.9.